The van der Waals surface area contributed by atoms with Crippen LogP contribution < -0.4 is 5.32 Å². The first-order valence-corrected chi connectivity index (χ1v) is 6.27. The minimum Gasteiger partial charge on any atom is -0.358 e. The number of aryl methyl sites for hydroxylation is 2. The number of amides is 1. The number of nitrogens with zero attached hydrogens (tertiary/aromatic N) is 3. The molecule has 0 aliphatic carbocycles. The average Bonchev–Trinajstić information content (AvgIpc) is 2.67. The Morgan fingerprint density at radius 2 is 2.33 bits per heavy atom. The summed E-state index contributed by atoms with van der Waals surface area (Å²) in [6.45, 7) is 2.18. The topological polar surface area (TPSA) is 59.8 Å². The van der Waals surface area contributed by atoms with Crippen molar-refractivity contribution in [2.45, 2.75) is 19.9 Å². The number of likely N-dealkylation sites (N-methyl/N-ethyl adjacent to an activating group) is 1. The maximum atomic E-state index is 11.5. The second-order valence-corrected chi connectivity index (χ2v) is 4.46. The Hall–Kier alpha value is -1.62. The highest BCUT2D eigenvalue weighted by Gasteiger charge is 2.13. The van der Waals surface area contributed by atoms with E-state index in [9.17, 15) is 4.79 Å². The van der Waals surface area contributed by atoms with Crippen LogP contribution in [0.5, 0.6) is 0 Å². The second kappa shape index (κ2) is 5.35. The van der Waals surface area contributed by atoms with Crippen LogP contribution >= 0.6 is 11.6 Å². The van der Waals surface area contributed by atoms with Gasteiger partial charge in [-0.2, -0.15) is 0 Å². The van der Waals surface area contributed by atoms with Crippen LogP contribution in [0.15, 0.2) is 12.3 Å². The van der Waals surface area contributed by atoms with Gasteiger partial charge in [-0.05, 0) is 18.6 Å². The van der Waals surface area contributed by atoms with Gasteiger partial charge in [0, 0.05) is 25.5 Å². The molecule has 6 heteroatoms. The van der Waals surface area contributed by atoms with Gasteiger partial charge in [0.1, 0.15) is 17.9 Å². The number of carbonyl (C=O) groups excluding carboxylic acids is 1. The summed E-state index contributed by atoms with van der Waals surface area (Å²) in [5, 5.41) is 2.60. The van der Waals surface area contributed by atoms with Crippen LogP contribution in [0.2, 0.25) is 0 Å². The number of fused-ring (bicyclic) bond motifs is 1. The standard InChI is InChI=1S/C12H15ClN4O/c1-8-5-9-12(15-6-8)17(7-11(18)14-2)10(16-9)3-4-13/h5-6H,3-4,7H2,1-2H3,(H,14,18). The van der Waals surface area contributed by atoms with E-state index in [4.69, 9.17) is 11.6 Å². The minimum absolute atomic E-state index is 0.0764. The molecule has 2 aromatic heterocycles. The number of rotatable bonds is 4. The lowest BCUT2D eigenvalue weighted by Gasteiger charge is -2.06. The van der Waals surface area contributed by atoms with Crippen LogP contribution in [0.4, 0.5) is 0 Å². The van der Waals surface area contributed by atoms with Crippen molar-refractivity contribution in [2.24, 2.45) is 0 Å². The SMILES string of the molecule is CNC(=O)Cn1c(CCCl)nc2cc(C)cnc21. The smallest absolute Gasteiger partial charge is 0.239 e. The summed E-state index contributed by atoms with van der Waals surface area (Å²) in [5.41, 5.74) is 2.58. The molecule has 0 spiro atoms. The first-order chi connectivity index (χ1) is 8.65. The Morgan fingerprint density at radius 3 is 3.00 bits per heavy atom. The minimum atomic E-state index is -0.0764. The second-order valence-electron chi connectivity index (χ2n) is 4.08. The number of halogens is 1. The van der Waals surface area contributed by atoms with E-state index in [2.05, 4.69) is 15.3 Å². The van der Waals surface area contributed by atoms with E-state index in [1.165, 1.54) is 0 Å². The quantitative estimate of drug-likeness (QED) is 0.848. The first kappa shape index (κ1) is 12.8. The van der Waals surface area contributed by atoms with Crippen molar-refractivity contribution < 1.29 is 4.79 Å². The van der Waals surface area contributed by atoms with Crippen molar-refractivity contribution in [3.05, 3.63) is 23.7 Å². The molecule has 0 atom stereocenters. The Labute approximate surface area is 110 Å². The van der Waals surface area contributed by atoms with Gasteiger partial charge in [-0.25, -0.2) is 9.97 Å². The van der Waals surface area contributed by atoms with Crippen molar-refractivity contribution in [1.82, 2.24) is 19.9 Å². The first-order valence-electron chi connectivity index (χ1n) is 5.74. The summed E-state index contributed by atoms with van der Waals surface area (Å²) < 4.78 is 1.82. The van der Waals surface area contributed by atoms with E-state index in [0.29, 0.717) is 12.3 Å². The molecular formula is C12H15ClN4O. The number of nitrogens with one attached hydrogen (secondary N) is 1. The number of hydrogen-bond donors (Lipinski definition) is 1. The molecule has 2 heterocycles. The fourth-order valence-electron chi connectivity index (χ4n) is 1.82. The zero-order valence-electron chi connectivity index (χ0n) is 10.4. The fraction of sp³-hybridized carbons (Fsp3) is 0.417. The molecule has 5 nitrogen and oxygen atoms in total. The fourth-order valence-corrected chi connectivity index (χ4v) is 1.99. The zero-order valence-corrected chi connectivity index (χ0v) is 11.2. The zero-order chi connectivity index (χ0) is 13.1. The maximum Gasteiger partial charge on any atom is 0.239 e. The Bertz CT molecular complexity index is 579. The summed E-state index contributed by atoms with van der Waals surface area (Å²) in [6, 6.07) is 1.96. The molecule has 2 aromatic rings. The van der Waals surface area contributed by atoms with Gasteiger partial charge in [0.05, 0.1) is 0 Å². The predicted molar refractivity (Wildman–Crippen MR) is 70.8 cm³/mol. The van der Waals surface area contributed by atoms with E-state index >= 15 is 0 Å². The van der Waals surface area contributed by atoms with Gasteiger partial charge in [0.25, 0.3) is 0 Å². The van der Waals surface area contributed by atoms with Gasteiger partial charge >= 0.3 is 0 Å². The van der Waals surface area contributed by atoms with Crippen LogP contribution in [-0.4, -0.2) is 33.4 Å². The molecule has 0 aromatic carbocycles. The molecule has 0 saturated carbocycles. The Kier molecular flexibility index (Phi) is 3.81. The lowest BCUT2D eigenvalue weighted by molar-refractivity contribution is -0.121. The maximum absolute atomic E-state index is 11.5. The van der Waals surface area contributed by atoms with Crippen molar-refractivity contribution in [2.75, 3.05) is 12.9 Å². The summed E-state index contributed by atoms with van der Waals surface area (Å²) in [4.78, 5) is 20.4. The summed E-state index contributed by atoms with van der Waals surface area (Å²) in [6.07, 6.45) is 2.39. The van der Waals surface area contributed by atoms with E-state index in [1.807, 2.05) is 17.6 Å². The number of aromatic nitrogens is 3. The Balaban J connectivity index is 2.51. The molecule has 2 rings (SSSR count). The van der Waals surface area contributed by atoms with Crippen LogP contribution in [0.1, 0.15) is 11.4 Å². The summed E-state index contributed by atoms with van der Waals surface area (Å²) in [7, 11) is 1.61. The molecule has 96 valence electrons. The van der Waals surface area contributed by atoms with Gasteiger partial charge in [-0.15, -0.1) is 11.6 Å². The predicted octanol–water partition coefficient (Wildman–Crippen LogP) is 1.27. The highest BCUT2D eigenvalue weighted by atomic mass is 35.5. The average molecular weight is 267 g/mol. The molecule has 0 aliphatic heterocycles. The van der Waals surface area contributed by atoms with Crippen molar-refractivity contribution >= 4 is 28.7 Å². The van der Waals surface area contributed by atoms with Crippen molar-refractivity contribution in [3.63, 3.8) is 0 Å². The largest absolute Gasteiger partial charge is 0.358 e. The van der Waals surface area contributed by atoms with Crippen LogP contribution in [0.25, 0.3) is 11.2 Å². The number of hydrogen-bond acceptors (Lipinski definition) is 3. The lowest BCUT2D eigenvalue weighted by Crippen LogP contribution is -2.24. The molecule has 0 saturated heterocycles. The normalized spacial score (nSPS) is 10.8. The van der Waals surface area contributed by atoms with Crippen molar-refractivity contribution in [3.8, 4) is 0 Å². The van der Waals surface area contributed by atoms with Gasteiger partial charge < -0.3 is 9.88 Å². The Morgan fingerprint density at radius 1 is 1.56 bits per heavy atom. The highest BCUT2D eigenvalue weighted by molar-refractivity contribution is 6.17. The molecule has 0 radical (unpaired) electrons. The third kappa shape index (κ3) is 2.46. The third-order valence-electron chi connectivity index (χ3n) is 2.70. The number of alkyl halides is 1. The van der Waals surface area contributed by atoms with Gasteiger partial charge in [0.15, 0.2) is 5.65 Å². The lowest BCUT2D eigenvalue weighted by atomic mass is 10.3. The molecular weight excluding hydrogens is 252 g/mol. The monoisotopic (exact) mass is 266 g/mol. The van der Waals surface area contributed by atoms with Crippen LogP contribution in [-0.2, 0) is 17.8 Å². The number of carbonyl (C=O) groups is 1. The molecule has 0 fully saturated rings. The number of pyridine rings is 1. The van der Waals surface area contributed by atoms with E-state index in [0.717, 1.165) is 22.6 Å². The van der Waals surface area contributed by atoms with Crippen LogP contribution in [0, 0.1) is 6.92 Å². The highest BCUT2D eigenvalue weighted by Crippen LogP contribution is 2.16. The van der Waals surface area contributed by atoms with E-state index in [1.54, 1.807) is 13.2 Å². The number of imidazole rings is 1. The third-order valence-corrected chi connectivity index (χ3v) is 2.89. The van der Waals surface area contributed by atoms with Crippen molar-refractivity contribution in [1.29, 1.82) is 0 Å². The molecule has 0 aliphatic rings. The van der Waals surface area contributed by atoms with E-state index < -0.39 is 0 Å². The van der Waals surface area contributed by atoms with Gasteiger partial charge in [0.2, 0.25) is 5.91 Å². The van der Waals surface area contributed by atoms with Crippen LogP contribution in [0.3, 0.4) is 0 Å². The summed E-state index contributed by atoms with van der Waals surface area (Å²) >= 11 is 5.76. The van der Waals surface area contributed by atoms with E-state index in [-0.39, 0.29) is 12.5 Å². The summed E-state index contributed by atoms with van der Waals surface area (Å²) in [5.74, 6) is 1.19. The molecule has 1 amide bonds. The van der Waals surface area contributed by atoms with Gasteiger partial charge in [-0.3, -0.25) is 4.79 Å². The molecule has 0 unspecified atom stereocenters. The van der Waals surface area contributed by atoms with Gasteiger partial charge in [-0.1, -0.05) is 0 Å². The molecule has 1 N–H and O–H groups in total. The molecule has 0 bridgehead atoms. The molecule has 18 heavy (non-hydrogen) atoms.